The number of carbonyl (C=O) groups is 2. The molecule has 0 spiro atoms. The van der Waals surface area contributed by atoms with Crippen LogP contribution < -0.4 is 10.1 Å². The summed E-state index contributed by atoms with van der Waals surface area (Å²) in [6, 6.07) is 4.09. The molecule has 6 nitrogen and oxygen atoms in total. The van der Waals surface area contributed by atoms with E-state index in [0.29, 0.717) is 31.4 Å². The number of hydrogen-bond acceptors (Lipinski definition) is 4. The first-order chi connectivity index (χ1) is 11.0. The Bertz CT molecular complexity index is 599. The van der Waals surface area contributed by atoms with E-state index < -0.39 is 0 Å². The molecule has 0 bridgehead atoms. The summed E-state index contributed by atoms with van der Waals surface area (Å²) in [5.74, 6) is 0.345. The third kappa shape index (κ3) is 3.81. The number of aromatic nitrogens is 1. The van der Waals surface area contributed by atoms with Gasteiger partial charge in [-0.3, -0.25) is 9.59 Å². The van der Waals surface area contributed by atoms with Crippen LogP contribution in [0.25, 0.3) is 0 Å². The van der Waals surface area contributed by atoms with Gasteiger partial charge in [0, 0.05) is 37.3 Å². The Morgan fingerprint density at radius 2 is 2.26 bits per heavy atom. The smallest absolute Gasteiger partial charge is 0.225 e. The normalized spacial score (nSPS) is 20.9. The predicted molar refractivity (Wildman–Crippen MR) is 84.7 cm³/mol. The van der Waals surface area contributed by atoms with Crippen molar-refractivity contribution in [3.8, 4) is 5.88 Å². The standard InChI is InChI=1S/C17H23N3O3/c1-11(2)23-17-12(4-3-7-18-17)9-19-16(22)13-8-15(21)20(10-13)14-5-6-14/h3-4,7,11,13-14H,5-6,8-10H2,1-2H3,(H,19,22)/t13-/m0/s1. The molecular formula is C17H23N3O3. The minimum Gasteiger partial charge on any atom is -0.475 e. The highest BCUT2D eigenvalue weighted by Crippen LogP contribution is 2.32. The van der Waals surface area contributed by atoms with Crippen molar-refractivity contribution in [3.63, 3.8) is 0 Å². The van der Waals surface area contributed by atoms with Crippen LogP contribution in [0.4, 0.5) is 0 Å². The Hall–Kier alpha value is -2.11. The van der Waals surface area contributed by atoms with Crippen LogP contribution in [0.2, 0.25) is 0 Å². The molecule has 0 aromatic carbocycles. The summed E-state index contributed by atoms with van der Waals surface area (Å²) in [6.07, 6.45) is 4.17. The van der Waals surface area contributed by atoms with E-state index >= 15 is 0 Å². The van der Waals surface area contributed by atoms with Crippen LogP contribution in [0.3, 0.4) is 0 Å². The van der Waals surface area contributed by atoms with Crippen molar-refractivity contribution < 1.29 is 14.3 Å². The second-order valence-corrected chi connectivity index (χ2v) is 6.53. The van der Waals surface area contributed by atoms with Crippen molar-refractivity contribution in [1.82, 2.24) is 15.2 Å². The van der Waals surface area contributed by atoms with Gasteiger partial charge in [-0.15, -0.1) is 0 Å². The Labute approximate surface area is 136 Å². The topological polar surface area (TPSA) is 71.5 Å². The molecule has 1 aromatic rings. The van der Waals surface area contributed by atoms with E-state index in [1.165, 1.54) is 0 Å². The summed E-state index contributed by atoms with van der Waals surface area (Å²) in [4.78, 5) is 30.3. The molecule has 23 heavy (non-hydrogen) atoms. The Morgan fingerprint density at radius 1 is 1.48 bits per heavy atom. The number of hydrogen-bond donors (Lipinski definition) is 1. The fraction of sp³-hybridized carbons (Fsp3) is 0.588. The maximum Gasteiger partial charge on any atom is 0.225 e. The highest BCUT2D eigenvalue weighted by molar-refractivity contribution is 5.89. The minimum atomic E-state index is -0.241. The first-order valence-corrected chi connectivity index (χ1v) is 8.22. The fourth-order valence-electron chi connectivity index (χ4n) is 2.86. The van der Waals surface area contributed by atoms with E-state index in [-0.39, 0.29) is 23.8 Å². The lowest BCUT2D eigenvalue weighted by Crippen LogP contribution is -2.33. The number of rotatable bonds is 6. The molecule has 1 aliphatic carbocycles. The van der Waals surface area contributed by atoms with Gasteiger partial charge in [-0.05, 0) is 32.8 Å². The number of nitrogens with zero attached hydrogens (tertiary/aromatic N) is 2. The molecule has 1 aliphatic heterocycles. The van der Waals surface area contributed by atoms with E-state index in [9.17, 15) is 9.59 Å². The third-order valence-electron chi connectivity index (χ3n) is 4.17. The van der Waals surface area contributed by atoms with Crippen molar-refractivity contribution in [2.45, 2.75) is 51.8 Å². The average molecular weight is 317 g/mol. The summed E-state index contributed by atoms with van der Waals surface area (Å²) < 4.78 is 5.65. The second kappa shape index (κ2) is 6.56. The largest absolute Gasteiger partial charge is 0.475 e. The highest BCUT2D eigenvalue weighted by Gasteiger charge is 2.41. The van der Waals surface area contributed by atoms with E-state index in [1.807, 2.05) is 30.9 Å². The van der Waals surface area contributed by atoms with Gasteiger partial charge >= 0.3 is 0 Å². The second-order valence-electron chi connectivity index (χ2n) is 6.53. The van der Waals surface area contributed by atoms with Crippen LogP contribution in [-0.2, 0) is 16.1 Å². The molecule has 1 saturated heterocycles. The van der Waals surface area contributed by atoms with Gasteiger partial charge in [0.05, 0.1) is 12.0 Å². The monoisotopic (exact) mass is 317 g/mol. The zero-order valence-corrected chi connectivity index (χ0v) is 13.6. The Morgan fingerprint density at radius 3 is 2.96 bits per heavy atom. The van der Waals surface area contributed by atoms with Gasteiger partial charge in [-0.2, -0.15) is 0 Å². The van der Waals surface area contributed by atoms with Crippen molar-refractivity contribution in [2.24, 2.45) is 5.92 Å². The summed E-state index contributed by atoms with van der Waals surface area (Å²) >= 11 is 0. The summed E-state index contributed by atoms with van der Waals surface area (Å²) in [5.41, 5.74) is 0.845. The van der Waals surface area contributed by atoms with Crippen molar-refractivity contribution in [3.05, 3.63) is 23.9 Å². The number of likely N-dealkylation sites (tertiary alicyclic amines) is 1. The van der Waals surface area contributed by atoms with Crippen molar-refractivity contribution in [2.75, 3.05) is 6.54 Å². The van der Waals surface area contributed by atoms with Crippen LogP contribution >= 0.6 is 0 Å². The lowest BCUT2D eigenvalue weighted by molar-refractivity contribution is -0.129. The minimum absolute atomic E-state index is 0.0268. The molecule has 3 rings (SSSR count). The zero-order chi connectivity index (χ0) is 16.4. The molecule has 2 fully saturated rings. The maximum atomic E-state index is 12.3. The molecule has 1 aromatic heterocycles. The maximum absolute atomic E-state index is 12.3. The Kier molecular flexibility index (Phi) is 4.50. The third-order valence-corrected chi connectivity index (χ3v) is 4.17. The van der Waals surface area contributed by atoms with Gasteiger partial charge in [0.2, 0.25) is 17.7 Å². The quantitative estimate of drug-likeness (QED) is 0.863. The van der Waals surface area contributed by atoms with Crippen LogP contribution in [0, 0.1) is 5.92 Å². The summed E-state index contributed by atoms with van der Waals surface area (Å²) in [5, 5.41) is 2.92. The molecule has 2 amide bonds. The number of nitrogens with one attached hydrogen (secondary N) is 1. The number of pyridine rings is 1. The molecule has 6 heteroatoms. The zero-order valence-electron chi connectivity index (χ0n) is 13.6. The van der Waals surface area contributed by atoms with E-state index in [4.69, 9.17) is 4.74 Å². The predicted octanol–water partition coefficient (Wildman–Crippen LogP) is 1.50. The van der Waals surface area contributed by atoms with E-state index in [0.717, 1.165) is 18.4 Å². The van der Waals surface area contributed by atoms with Gasteiger partial charge in [0.25, 0.3) is 0 Å². The van der Waals surface area contributed by atoms with Crippen molar-refractivity contribution >= 4 is 11.8 Å². The Balaban J connectivity index is 1.56. The average Bonchev–Trinajstić information content (AvgIpc) is 3.28. The fourth-order valence-corrected chi connectivity index (χ4v) is 2.86. The van der Waals surface area contributed by atoms with Gasteiger partial charge in [-0.1, -0.05) is 6.07 Å². The van der Waals surface area contributed by atoms with Crippen LogP contribution in [-0.4, -0.2) is 40.4 Å². The number of carbonyl (C=O) groups excluding carboxylic acids is 2. The lowest BCUT2D eigenvalue weighted by Gasteiger charge is -2.16. The molecule has 1 saturated carbocycles. The molecule has 124 valence electrons. The first kappa shape index (κ1) is 15.8. The van der Waals surface area contributed by atoms with E-state index in [2.05, 4.69) is 10.3 Å². The molecule has 2 aliphatic rings. The summed E-state index contributed by atoms with van der Waals surface area (Å²) in [7, 11) is 0. The van der Waals surface area contributed by atoms with Gasteiger partial charge in [-0.25, -0.2) is 4.98 Å². The lowest BCUT2D eigenvalue weighted by atomic mass is 10.1. The number of amides is 2. The number of ether oxygens (including phenoxy) is 1. The van der Waals surface area contributed by atoms with Gasteiger partial charge in [0.1, 0.15) is 0 Å². The molecular weight excluding hydrogens is 294 g/mol. The van der Waals surface area contributed by atoms with Crippen molar-refractivity contribution in [1.29, 1.82) is 0 Å². The van der Waals surface area contributed by atoms with Crippen LogP contribution in [0.15, 0.2) is 18.3 Å². The first-order valence-electron chi connectivity index (χ1n) is 8.22. The molecule has 2 heterocycles. The summed E-state index contributed by atoms with van der Waals surface area (Å²) in [6.45, 7) is 4.79. The molecule has 0 unspecified atom stereocenters. The van der Waals surface area contributed by atoms with E-state index in [1.54, 1.807) is 6.20 Å². The van der Waals surface area contributed by atoms with Crippen LogP contribution in [0.1, 0.15) is 38.7 Å². The molecule has 1 atom stereocenters. The van der Waals surface area contributed by atoms with Gasteiger partial charge < -0.3 is 15.0 Å². The SMILES string of the molecule is CC(C)Oc1ncccc1CNC(=O)[C@H]1CC(=O)N(C2CC2)C1. The molecule has 1 N–H and O–H groups in total. The molecule has 0 radical (unpaired) electrons. The highest BCUT2D eigenvalue weighted by atomic mass is 16.5. The van der Waals surface area contributed by atoms with Gasteiger partial charge in [0.15, 0.2) is 0 Å². The van der Waals surface area contributed by atoms with Crippen LogP contribution in [0.5, 0.6) is 5.88 Å².